The van der Waals surface area contributed by atoms with Crippen molar-refractivity contribution in [1.29, 1.82) is 5.26 Å². The minimum absolute atomic E-state index is 0.00764. The molecule has 0 unspecified atom stereocenters. The van der Waals surface area contributed by atoms with E-state index >= 15 is 0 Å². The Morgan fingerprint density at radius 2 is 1.66 bits per heavy atom. The minimum Gasteiger partial charge on any atom is -0.454 e. The molecule has 10 heteroatoms. The van der Waals surface area contributed by atoms with Gasteiger partial charge in [0.05, 0.1) is 26.7 Å². The van der Waals surface area contributed by atoms with Crippen LogP contribution in [0.3, 0.4) is 0 Å². The van der Waals surface area contributed by atoms with Gasteiger partial charge >= 0.3 is 0 Å². The number of nitrogens with one attached hydrogen (secondary N) is 1. The number of hydrazine groups is 1. The molecule has 32 heavy (non-hydrogen) atoms. The average molecular weight is 452 g/mol. The first-order chi connectivity index (χ1) is 15.1. The Labute approximate surface area is 185 Å². The quantitative estimate of drug-likeness (QED) is 0.382. The molecule has 9 nitrogen and oxygen atoms in total. The maximum atomic E-state index is 13.2. The van der Waals surface area contributed by atoms with Crippen LogP contribution in [0.2, 0.25) is 0 Å². The summed E-state index contributed by atoms with van der Waals surface area (Å²) in [4.78, 5) is 11.9. The normalized spacial score (nSPS) is 11.1. The van der Waals surface area contributed by atoms with Gasteiger partial charge in [0.15, 0.2) is 5.75 Å². The molecule has 0 heterocycles. The molecule has 0 radical (unpaired) electrons. The molecule has 1 amide bonds. The second-order valence-corrected chi connectivity index (χ2v) is 8.95. The van der Waals surface area contributed by atoms with E-state index in [0.29, 0.717) is 5.56 Å². The number of benzene rings is 3. The van der Waals surface area contributed by atoms with Crippen LogP contribution < -0.4 is 21.6 Å². The SMILES string of the molecule is CN(C)NC(=O)c1ccc(S(=O)(=O)c2cc(N)c(N)c(Oc3ccccc3C#N)c2)cc1. The average Bonchev–Trinajstić information content (AvgIpc) is 2.76. The van der Waals surface area contributed by atoms with E-state index in [0.717, 1.165) is 0 Å². The number of hydrogen-bond acceptors (Lipinski definition) is 8. The van der Waals surface area contributed by atoms with E-state index in [9.17, 15) is 18.5 Å². The minimum atomic E-state index is -4.00. The zero-order valence-corrected chi connectivity index (χ0v) is 18.2. The summed E-state index contributed by atoms with van der Waals surface area (Å²) in [6.45, 7) is 0. The van der Waals surface area contributed by atoms with E-state index in [1.165, 1.54) is 41.4 Å². The van der Waals surface area contributed by atoms with Crippen molar-refractivity contribution in [2.75, 3.05) is 25.6 Å². The lowest BCUT2D eigenvalue weighted by atomic mass is 10.2. The van der Waals surface area contributed by atoms with Gasteiger partial charge in [-0.05, 0) is 42.5 Å². The first-order valence-electron chi connectivity index (χ1n) is 9.33. The van der Waals surface area contributed by atoms with Crippen molar-refractivity contribution < 1.29 is 17.9 Å². The number of nitrogen functional groups attached to an aromatic ring is 2. The van der Waals surface area contributed by atoms with Crippen molar-refractivity contribution in [2.24, 2.45) is 0 Å². The van der Waals surface area contributed by atoms with Gasteiger partial charge in [-0.1, -0.05) is 12.1 Å². The largest absolute Gasteiger partial charge is 0.454 e. The first-order valence-corrected chi connectivity index (χ1v) is 10.8. The number of amides is 1. The molecule has 0 bridgehead atoms. The molecule has 5 N–H and O–H groups in total. The van der Waals surface area contributed by atoms with E-state index in [2.05, 4.69) is 5.43 Å². The number of nitrogens with zero attached hydrogens (tertiary/aromatic N) is 2. The summed E-state index contributed by atoms with van der Waals surface area (Å²) >= 11 is 0. The third kappa shape index (κ3) is 4.64. The first kappa shape index (κ1) is 22.6. The van der Waals surface area contributed by atoms with Crippen molar-refractivity contribution in [2.45, 2.75) is 9.79 Å². The van der Waals surface area contributed by atoms with Crippen LogP contribution in [-0.4, -0.2) is 33.4 Å². The van der Waals surface area contributed by atoms with Crippen LogP contribution in [0.5, 0.6) is 11.5 Å². The second-order valence-electron chi connectivity index (χ2n) is 7.00. The lowest BCUT2D eigenvalue weighted by Gasteiger charge is -2.14. The number of carbonyl (C=O) groups is 1. The number of hydrogen-bond donors (Lipinski definition) is 3. The molecule has 3 aromatic rings. The number of sulfone groups is 1. The van der Waals surface area contributed by atoms with E-state index in [4.69, 9.17) is 16.2 Å². The fraction of sp³-hybridized carbons (Fsp3) is 0.0909. The number of nitriles is 1. The van der Waals surface area contributed by atoms with Gasteiger partial charge in [0.2, 0.25) is 9.84 Å². The van der Waals surface area contributed by atoms with Crippen molar-refractivity contribution in [3.63, 3.8) is 0 Å². The van der Waals surface area contributed by atoms with Crippen LogP contribution in [-0.2, 0) is 9.84 Å². The summed E-state index contributed by atoms with van der Waals surface area (Å²) in [6.07, 6.45) is 0. The number of carbonyl (C=O) groups excluding carboxylic acids is 1. The van der Waals surface area contributed by atoms with E-state index in [1.807, 2.05) is 6.07 Å². The molecule has 0 fully saturated rings. The molecule has 3 rings (SSSR count). The molecule has 0 atom stereocenters. The predicted octanol–water partition coefficient (Wildman–Crippen LogP) is 2.55. The fourth-order valence-corrected chi connectivity index (χ4v) is 4.13. The van der Waals surface area contributed by atoms with Crippen LogP contribution in [0.4, 0.5) is 11.4 Å². The van der Waals surface area contributed by atoms with E-state index in [-0.39, 0.29) is 44.1 Å². The summed E-state index contributed by atoms with van der Waals surface area (Å²) in [5, 5.41) is 10.7. The molecular weight excluding hydrogens is 430 g/mol. The van der Waals surface area contributed by atoms with Crippen molar-refractivity contribution in [3.8, 4) is 17.6 Å². The van der Waals surface area contributed by atoms with Gasteiger partial charge < -0.3 is 16.2 Å². The van der Waals surface area contributed by atoms with Gasteiger partial charge in [-0.15, -0.1) is 0 Å². The van der Waals surface area contributed by atoms with Crippen molar-refractivity contribution >= 4 is 27.1 Å². The molecule has 0 aromatic heterocycles. The third-order valence-corrected chi connectivity index (χ3v) is 6.19. The van der Waals surface area contributed by atoms with Gasteiger partial charge in [0.25, 0.3) is 5.91 Å². The van der Waals surface area contributed by atoms with E-state index in [1.54, 1.807) is 38.4 Å². The number of rotatable bonds is 6. The molecule has 0 aliphatic rings. The predicted molar refractivity (Wildman–Crippen MR) is 120 cm³/mol. The van der Waals surface area contributed by atoms with Gasteiger partial charge in [-0.3, -0.25) is 10.2 Å². The third-order valence-electron chi connectivity index (χ3n) is 4.44. The number of ether oxygens (including phenoxy) is 1. The summed E-state index contributed by atoms with van der Waals surface area (Å²) in [5.41, 5.74) is 15.1. The van der Waals surface area contributed by atoms with Crippen molar-refractivity contribution in [3.05, 3.63) is 71.8 Å². The lowest BCUT2D eigenvalue weighted by Crippen LogP contribution is -2.36. The van der Waals surface area contributed by atoms with E-state index < -0.39 is 9.84 Å². The zero-order valence-electron chi connectivity index (χ0n) is 17.4. The highest BCUT2D eigenvalue weighted by molar-refractivity contribution is 7.91. The van der Waals surface area contributed by atoms with Crippen LogP contribution in [0.25, 0.3) is 0 Å². The highest BCUT2D eigenvalue weighted by Gasteiger charge is 2.22. The Bertz CT molecular complexity index is 1310. The Hall–Kier alpha value is -4.07. The molecule has 164 valence electrons. The molecule has 3 aromatic carbocycles. The lowest BCUT2D eigenvalue weighted by molar-refractivity contribution is 0.0857. The fourth-order valence-electron chi connectivity index (χ4n) is 2.82. The maximum Gasteiger partial charge on any atom is 0.265 e. The molecule has 0 spiro atoms. The zero-order chi connectivity index (χ0) is 23.5. The second kappa shape index (κ2) is 8.97. The Kier molecular flexibility index (Phi) is 6.34. The molecule has 0 aliphatic carbocycles. The smallest absolute Gasteiger partial charge is 0.265 e. The summed E-state index contributed by atoms with van der Waals surface area (Å²) in [7, 11) is -0.670. The van der Waals surface area contributed by atoms with Crippen LogP contribution in [0.15, 0.2) is 70.5 Å². The Morgan fingerprint density at radius 1 is 1.00 bits per heavy atom. The molecule has 0 aliphatic heterocycles. The highest BCUT2D eigenvalue weighted by atomic mass is 32.2. The monoisotopic (exact) mass is 451 g/mol. The van der Waals surface area contributed by atoms with Gasteiger partial charge in [-0.2, -0.15) is 5.26 Å². The van der Waals surface area contributed by atoms with Crippen LogP contribution in [0.1, 0.15) is 15.9 Å². The summed E-state index contributed by atoms with van der Waals surface area (Å²) in [6, 6.07) is 16.4. The maximum absolute atomic E-state index is 13.2. The van der Waals surface area contributed by atoms with Gasteiger partial charge in [0, 0.05) is 25.7 Å². The number of anilines is 2. The number of nitrogens with two attached hydrogens (primary N) is 2. The Morgan fingerprint density at radius 3 is 2.28 bits per heavy atom. The van der Waals surface area contributed by atoms with Gasteiger partial charge in [0.1, 0.15) is 11.8 Å². The molecule has 0 saturated heterocycles. The summed E-state index contributed by atoms with van der Waals surface area (Å²) < 4.78 is 32.1. The molecule has 0 saturated carbocycles. The summed E-state index contributed by atoms with van der Waals surface area (Å²) in [5.74, 6) is -0.150. The topological polar surface area (TPSA) is 152 Å². The highest BCUT2D eigenvalue weighted by Crippen LogP contribution is 2.37. The van der Waals surface area contributed by atoms with Gasteiger partial charge in [-0.25, -0.2) is 13.4 Å². The standard InChI is InChI=1S/C22H21N5O4S/c1-27(2)26-22(28)14-7-9-16(10-8-14)32(29,30)17-11-18(24)21(25)20(12-17)31-19-6-4-3-5-15(19)13-23/h3-12H,24-25H2,1-2H3,(H,26,28). The Balaban J connectivity index is 1.98. The van der Waals surface area contributed by atoms with Crippen LogP contribution >= 0.6 is 0 Å². The molecular formula is C22H21N5O4S. The van der Waals surface area contributed by atoms with Crippen molar-refractivity contribution in [1.82, 2.24) is 10.4 Å². The van der Waals surface area contributed by atoms with Crippen LogP contribution in [0, 0.1) is 11.3 Å². The number of para-hydroxylation sites is 1.